The highest BCUT2D eigenvalue weighted by Crippen LogP contribution is 2.25. The molecule has 3 rings (SSSR count). The lowest BCUT2D eigenvalue weighted by molar-refractivity contribution is -0.139. The van der Waals surface area contributed by atoms with Crippen LogP contribution in [0.1, 0.15) is 5.69 Å². The first kappa shape index (κ1) is 19.4. The van der Waals surface area contributed by atoms with Gasteiger partial charge < -0.3 is 15.4 Å². The minimum atomic E-state index is -3.69. The number of carbonyl (C=O) groups is 2. The summed E-state index contributed by atoms with van der Waals surface area (Å²) < 4.78 is 32.0. The molecule has 144 valence electrons. The molecular weight excluding hydrogens is 392 g/mol. The number of ether oxygens (including phenoxy) is 1. The van der Waals surface area contributed by atoms with Crippen molar-refractivity contribution in [2.24, 2.45) is 0 Å². The van der Waals surface area contributed by atoms with Gasteiger partial charge in [-0.2, -0.15) is 4.31 Å². The highest BCUT2D eigenvalue weighted by atomic mass is 32.2. The van der Waals surface area contributed by atoms with Gasteiger partial charge in [0.1, 0.15) is 10.4 Å². The van der Waals surface area contributed by atoms with E-state index in [0.717, 1.165) is 11.3 Å². The highest BCUT2D eigenvalue weighted by Gasteiger charge is 2.37. The van der Waals surface area contributed by atoms with Crippen molar-refractivity contribution in [1.82, 2.24) is 19.9 Å². The van der Waals surface area contributed by atoms with Gasteiger partial charge in [-0.05, 0) is 23.6 Å². The molecule has 0 aliphatic carbocycles. The molecule has 1 saturated heterocycles. The van der Waals surface area contributed by atoms with Crippen LogP contribution in [-0.4, -0.2) is 55.4 Å². The molecule has 27 heavy (non-hydrogen) atoms. The minimum Gasteiger partial charge on any atom is -0.359 e. The van der Waals surface area contributed by atoms with Gasteiger partial charge >= 0.3 is 11.8 Å². The van der Waals surface area contributed by atoms with Crippen molar-refractivity contribution in [3.05, 3.63) is 47.6 Å². The summed E-state index contributed by atoms with van der Waals surface area (Å²) in [5, 5.41) is 6.54. The van der Waals surface area contributed by atoms with Gasteiger partial charge in [0.15, 0.2) is 0 Å². The molecule has 0 radical (unpaired) electrons. The SMILES string of the molecule is O=C(NCc1ccccn1)C(=O)NC[C@H]1OCCN1S(=O)(=O)c1cccs1. The van der Waals surface area contributed by atoms with Crippen molar-refractivity contribution in [1.29, 1.82) is 0 Å². The lowest BCUT2D eigenvalue weighted by Crippen LogP contribution is -2.47. The van der Waals surface area contributed by atoms with Crippen LogP contribution in [0.15, 0.2) is 46.1 Å². The van der Waals surface area contributed by atoms with Gasteiger partial charge in [0.25, 0.3) is 10.0 Å². The summed E-state index contributed by atoms with van der Waals surface area (Å²) in [6.45, 7) is 0.399. The molecule has 1 atom stereocenters. The van der Waals surface area contributed by atoms with E-state index >= 15 is 0 Å². The molecule has 2 amide bonds. The summed E-state index contributed by atoms with van der Waals surface area (Å²) in [7, 11) is -3.69. The van der Waals surface area contributed by atoms with Crippen LogP contribution in [0.3, 0.4) is 0 Å². The molecule has 2 aromatic rings. The van der Waals surface area contributed by atoms with Crippen molar-refractivity contribution < 1.29 is 22.7 Å². The number of sulfonamides is 1. The molecule has 2 aromatic heterocycles. The third kappa shape index (κ3) is 4.69. The van der Waals surface area contributed by atoms with E-state index in [1.165, 1.54) is 10.4 Å². The summed E-state index contributed by atoms with van der Waals surface area (Å²) in [5.41, 5.74) is 0.617. The number of carbonyl (C=O) groups excluding carboxylic acids is 2. The number of pyridine rings is 1. The Labute approximate surface area is 160 Å². The fourth-order valence-corrected chi connectivity index (χ4v) is 5.11. The van der Waals surface area contributed by atoms with E-state index < -0.39 is 28.1 Å². The van der Waals surface area contributed by atoms with Crippen LogP contribution in [0, 0.1) is 0 Å². The molecule has 0 bridgehead atoms. The zero-order valence-electron chi connectivity index (χ0n) is 14.2. The van der Waals surface area contributed by atoms with Crippen LogP contribution >= 0.6 is 11.3 Å². The van der Waals surface area contributed by atoms with Crippen LogP contribution in [0.4, 0.5) is 0 Å². The van der Waals surface area contributed by atoms with E-state index in [1.807, 2.05) is 0 Å². The van der Waals surface area contributed by atoms with Crippen LogP contribution < -0.4 is 10.6 Å². The van der Waals surface area contributed by atoms with E-state index in [0.29, 0.717) is 5.69 Å². The van der Waals surface area contributed by atoms with Crippen LogP contribution in [0.25, 0.3) is 0 Å². The van der Waals surface area contributed by atoms with E-state index in [4.69, 9.17) is 4.74 Å². The number of hydrogen-bond acceptors (Lipinski definition) is 7. The quantitative estimate of drug-likeness (QED) is 0.644. The van der Waals surface area contributed by atoms with E-state index in [2.05, 4.69) is 15.6 Å². The molecule has 11 heteroatoms. The molecule has 0 spiro atoms. The summed E-state index contributed by atoms with van der Waals surface area (Å²) in [6, 6.07) is 8.40. The number of amides is 2. The molecule has 1 aliphatic heterocycles. The van der Waals surface area contributed by atoms with E-state index in [9.17, 15) is 18.0 Å². The van der Waals surface area contributed by atoms with Crippen LogP contribution in [-0.2, 0) is 30.9 Å². The van der Waals surface area contributed by atoms with Crippen LogP contribution in [0.2, 0.25) is 0 Å². The summed E-state index contributed by atoms with van der Waals surface area (Å²) in [4.78, 5) is 27.8. The lowest BCUT2D eigenvalue weighted by atomic mass is 10.3. The minimum absolute atomic E-state index is 0.117. The van der Waals surface area contributed by atoms with Gasteiger partial charge in [0, 0.05) is 12.7 Å². The topological polar surface area (TPSA) is 118 Å². The second-order valence-corrected chi connectivity index (χ2v) is 8.65. The molecular formula is C16H18N4O5S2. The van der Waals surface area contributed by atoms with Gasteiger partial charge in [0.2, 0.25) is 0 Å². The van der Waals surface area contributed by atoms with Gasteiger partial charge in [-0.25, -0.2) is 8.42 Å². The molecule has 9 nitrogen and oxygen atoms in total. The Kier molecular flexibility index (Phi) is 6.16. The molecule has 0 unspecified atom stereocenters. The van der Waals surface area contributed by atoms with Crippen molar-refractivity contribution in [3.8, 4) is 0 Å². The molecule has 1 aliphatic rings. The molecule has 1 fully saturated rings. The van der Waals surface area contributed by atoms with Gasteiger partial charge in [-0.15, -0.1) is 11.3 Å². The smallest absolute Gasteiger partial charge is 0.309 e. The van der Waals surface area contributed by atoms with Gasteiger partial charge in [-0.3, -0.25) is 14.6 Å². The second kappa shape index (κ2) is 8.57. The fourth-order valence-electron chi connectivity index (χ4n) is 2.48. The third-order valence-electron chi connectivity index (χ3n) is 3.80. The van der Waals surface area contributed by atoms with Crippen molar-refractivity contribution in [2.45, 2.75) is 17.0 Å². The predicted molar refractivity (Wildman–Crippen MR) is 97.0 cm³/mol. The lowest BCUT2D eigenvalue weighted by Gasteiger charge is -2.22. The first-order valence-corrected chi connectivity index (χ1v) is 10.4. The largest absolute Gasteiger partial charge is 0.359 e. The predicted octanol–water partition coefficient (Wildman–Crippen LogP) is -0.0773. The first-order chi connectivity index (χ1) is 13.0. The number of nitrogens with zero attached hydrogens (tertiary/aromatic N) is 2. The number of rotatable bonds is 6. The van der Waals surface area contributed by atoms with Crippen molar-refractivity contribution >= 4 is 33.2 Å². The Bertz CT molecular complexity index is 887. The van der Waals surface area contributed by atoms with Gasteiger partial charge in [0.05, 0.1) is 25.4 Å². The molecule has 2 N–H and O–H groups in total. The maximum atomic E-state index is 12.6. The molecule has 0 aromatic carbocycles. The number of nitrogens with one attached hydrogen (secondary N) is 2. The Hall–Kier alpha value is -2.34. The number of hydrogen-bond donors (Lipinski definition) is 2. The number of aromatic nitrogens is 1. The molecule has 0 saturated carbocycles. The summed E-state index contributed by atoms with van der Waals surface area (Å²) in [5.74, 6) is -1.69. The fraction of sp³-hybridized carbons (Fsp3) is 0.312. The zero-order valence-corrected chi connectivity index (χ0v) is 15.8. The Balaban J connectivity index is 1.52. The monoisotopic (exact) mass is 410 g/mol. The second-order valence-electron chi connectivity index (χ2n) is 5.59. The normalized spacial score (nSPS) is 17.6. The Morgan fingerprint density at radius 2 is 2.04 bits per heavy atom. The highest BCUT2D eigenvalue weighted by molar-refractivity contribution is 7.91. The zero-order chi connectivity index (χ0) is 19.3. The van der Waals surface area contributed by atoms with E-state index in [-0.39, 0.29) is 30.5 Å². The molecule has 3 heterocycles. The van der Waals surface area contributed by atoms with Crippen LogP contribution in [0.5, 0.6) is 0 Å². The maximum Gasteiger partial charge on any atom is 0.309 e. The average molecular weight is 410 g/mol. The Morgan fingerprint density at radius 1 is 1.22 bits per heavy atom. The maximum absolute atomic E-state index is 12.6. The number of thiophene rings is 1. The van der Waals surface area contributed by atoms with E-state index in [1.54, 1.807) is 35.8 Å². The van der Waals surface area contributed by atoms with Crippen molar-refractivity contribution in [2.75, 3.05) is 19.7 Å². The first-order valence-electron chi connectivity index (χ1n) is 8.11. The summed E-state index contributed by atoms with van der Waals surface area (Å²) in [6.07, 6.45) is 0.728. The average Bonchev–Trinajstić information content (AvgIpc) is 3.37. The van der Waals surface area contributed by atoms with Gasteiger partial charge in [-0.1, -0.05) is 12.1 Å². The standard InChI is InChI=1S/C16H18N4O5S2/c21-15(18-10-12-4-1-2-6-17-12)16(22)19-11-13-20(7-8-25-13)27(23,24)14-5-3-9-26-14/h1-6,9,13H,7-8,10-11H2,(H,18,21)(H,19,22)/t13-/m1/s1. The Morgan fingerprint density at radius 3 is 2.74 bits per heavy atom. The summed E-state index contributed by atoms with van der Waals surface area (Å²) >= 11 is 1.11. The third-order valence-corrected chi connectivity index (χ3v) is 7.06. The van der Waals surface area contributed by atoms with Crippen molar-refractivity contribution in [3.63, 3.8) is 0 Å².